The fourth-order valence-corrected chi connectivity index (χ4v) is 3.28. The highest BCUT2D eigenvalue weighted by Crippen LogP contribution is 2.32. The molecule has 0 spiro atoms. The van der Waals surface area contributed by atoms with Crippen molar-refractivity contribution in [3.05, 3.63) is 52.8 Å². The largest absolute Gasteiger partial charge is 0.454 e. The van der Waals surface area contributed by atoms with E-state index in [-0.39, 0.29) is 35.7 Å². The number of benzene rings is 1. The quantitative estimate of drug-likeness (QED) is 0.772. The summed E-state index contributed by atoms with van der Waals surface area (Å²) in [7, 11) is 0. The maximum Gasteiger partial charge on any atom is 0.275 e. The van der Waals surface area contributed by atoms with E-state index >= 15 is 0 Å². The normalized spacial score (nSPS) is 15.4. The second-order valence-electron chi connectivity index (χ2n) is 6.00. The van der Waals surface area contributed by atoms with Crippen LogP contribution in [-0.4, -0.2) is 46.7 Å². The second-order valence-corrected chi connectivity index (χ2v) is 6.36. The lowest BCUT2D eigenvalue weighted by molar-refractivity contribution is -0.139. The Labute approximate surface area is 155 Å². The number of ether oxygens (including phenoxy) is 2. The van der Waals surface area contributed by atoms with E-state index in [1.165, 1.54) is 16.2 Å². The van der Waals surface area contributed by atoms with Gasteiger partial charge in [-0.2, -0.15) is 0 Å². The number of aromatic nitrogens is 1. The zero-order valence-electron chi connectivity index (χ0n) is 13.9. The van der Waals surface area contributed by atoms with Crippen molar-refractivity contribution < 1.29 is 19.1 Å². The molecule has 2 aliphatic heterocycles. The molecular formula is C18H16ClN3O4. The van der Waals surface area contributed by atoms with Crippen molar-refractivity contribution in [1.82, 2.24) is 15.0 Å². The molecule has 7 nitrogen and oxygen atoms in total. The number of rotatable bonds is 3. The van der Waals surface area contributed by atoms with Gasteiger partial charge in [0.1, 0.15) is 5.15 Å². The first-order chi connectivity index (χ1) is 12.6. The number of nitrogens with zero attached hydrogens (tertiary/aromatic N) is 3. The number of carbonyl (C=O) groups is 2. The maximum atomic E-state index is 12.8. The van der Waals surface area contributed by atoms with E-state index in [1.54, 1.807) is 24.3 Å². The summed E-state index contributed by atoms with van der Waals surface area (Å²) in [5.41, 5.74) is 1.09. The summed E-state index contributed by atoms with van der Waals surface area (Å²) in [6.45, 7) is 1.15. The Kier molecular flexibility index (Phi) is 4.38. The molecule has 134 valence electrons. The maximum absolute atomic E-state index is 12.8. The summed E-state index contributed by atoms with van der Waals surface area (Å²) in [5.74, 6) is 0.826. The number of halogens is 1. The highest BCUT2D eigenvalue weighted by Gasteiger charge is 2.32. The molecule has 0 aliphatic carbocycles. The summed E-state index contributed by atoms with van der Waals surface area (Å²) in [4.78, 5) is 29.4. The fraction of sp³-hybridized carbons (Fsp3) is 0.278. The van der Waals surface area contributed by atoms with Crippen molar-refractivity contribution in [3.63, 3.8) is 0 Å². The van der Waals surface area contributed by atoms with Crippen molar-refractivity contribution in [2.75, 3.05) is 19.9 Å². The lowest BCUT2D eigenvalue weighted by atomic mass is 10.1. The lowest BCUT2D eigenvalue weighted by Crippen LogP contribution is -2.45. The molecule has 1 aromatic carbocycles. The lowest BCUT2D eigenvalue weighted by Gasteiger charge is -2.28. The number of amides is 2. The Morgan fingerprint density at radius 1 is 1.12 bits per heavy atom. The first-order valence-electron chi connectivity index (χ1n) is 8.24. The summed E-state index contributed by atoms with van der Waals surface area (Å²) in [6.07, 6.45) is 2.41. The molecule has 26 heavy (non-hydrogen) atoms. The molecule has 0 radical (unpaired) electrons. The molecule has 2 amide bonds. The first-order valence-corrected chi connectivity index (χ1v) is 8.62. The first kappa shape index (κ1) is 16.7. The van der Waals surface area contributed by atoms with Crippen molar-refractivity contribution in [1.29, 1.82) is 0 Å². The third kappa shape index (κ3) is 3.06. The van der Waals surface area contributed by atoms with Gasteiger partial charge < -0.3 is 9.47 Å². The number of fused-ring (bicyclic) bond motifs is 1. The van der Waals surface area contributed by atoms with E-state index in [0.717, 1.165) is 12.0 Å². The van der Waals surface area contributed by atoms with Crippen LogP contribution in [0.15, 0.2) is 36.5 Å². The van der Waals surface area contributed by atoms with Crippen LogP contribution in [0.3, 0.4) is 0 Å². The summed E-state index contributed by atoms with van der Waals surface area (Å²) in [5, 5.41) is 3.06. The van der Waals surface area contributed by atoms with E-state index in [0.29, 0.717) is 24.6 Å². The van der Waals surface area contributed by atoms with Gasteiger partial charge in [-0.1, -0.05) is 17.7 Å². The molecule has 2 aliphatic rings. The van der Waals surface area contributed by atoms with Gasteiger partial charge in [0.05, 0.1) is 12.0 Å². The van der Waals surface area contributed by atoms with Crippen LogP contribution in [0.25, 0.3) is 0 Å². The number of carbonyl (C=O) groups excluding carboxylic acids is 2. The van der Waals surface area contributed by atoms with Crippen LogP contribution in [0.4, 0.5) is 0 Å². The Morgan fingerprint density at radius 3 is 2.77 bits per heavy atom. The molecule has 0 saturated carbocycles. The SMILES string of the molecule is O=C(Cc1ccc2c(c1)OCO2)N1CCCN1C(=O)c1cccnc1Cl. The molecule has 2 aromatic rings. The van der Waals surface area contributed by atoms with E-state index in [2.05, 4.69) is 4.98 Å². The number of hydrogen-bond acceptors (Lipinski definition) is 5. The van der Waals surface area contributed by atoms with E-state index in [9.17, 15) is 9.59 Å². The van der Waals surface area contributed by atoms with Crippen LogP contribution in [0.5, 0.6) is 11.5 Å². The minimum absolute atomic E-state index is 0.132. The van der Waals surface area contributed by atoms with E-state index in [4.69, 9.17) is 21.1 Å². The highest BCUT2D eigenvalue weighted by atomic mass is 35.5. The average molecular weight is 374 g/mol. The van der Waals surface area contributed by atoms with Crippen LogP contribution in [0.2, 0.25) is 5.15 Å². The predicted octanol–water partition coefficient (Wildman–Crippen LogP) is 2.30. The summed E-state index contributed by atoms with van der Waals surface area (Å²) in [6, 6.07) is 8.66. The van der Waals surface area contributed by atoms with E-state index < -0.39 is 0 Å². The van der Waals surface area contributed by atoms with Gasteiger partial charge in [0.25, 0.3) is 5.91 Å². The van der Waals surface area contributed by atoms with Crippen LogP contribution in [-0.2, 0) is 11.2 Å². The van der Waals surface area contributed by atoms with Crippen LogP contribution < -0.4 is 9.47 Å². The van der Waals surface area contributed by atoms with Gasteiger partial charge in [-0.05, 0) is 36.2 Å². The van der Waals surface area contributed by atoms with Gasteiger partial charge in [-0.25, -0.2) is 9.99 Å². The molecule has 0 bridgehead atoms. The number of hydrogen-bond donors (Lipinski definition) is 0. The van der Waals surface area contributed by atoms with Gasteiger partial charge in [0.2, 0.25) is 12.7 Å². The molecular weight excluding hydrogens is 358 g/mol. The summed E-state index contributed by atoms with van der Waals surface area (Å²) < 4.78 is 10.6. The Bertz CT molecular complexity index is 873. The zero-order valence-corrected chi connectivity index (χ0v) is 14.6. The number of hydrazine groups is 1. The molecule has 1 fully saturated rings. The third-order valence-corrected chi connectivity index (χ3v) is 4.64. The van der Waals surface area contributed by atoms with Gasteiger partial charge in [0.15, 0.2) is 11.5 Å². The molecule has 1 saturated heterocycles. The predicted molar refractivity (Wildman–Crippen MR) is 92.9 cm³/mol. The molecule has 0 atom stereocenters. The van der Waals surface area contributed by atoms with Gasteiger partial charge in [-0.15, -0.1) is 0 Å². The fourth-order valence-electron chi connectivity index (χ4n) is 3.08. The Hall–Kier alpha value is -2.80. The van der Waals surface area contributed by atoms with Crippen LogP contribution >= 0.6 is 11.6 Å². The van der Waals surface area contributed by atoms with Crippen molar-refractivity contribution in [3.8, 4) is 11.5 Å². The molecule has 0 unspecified atom stereocenters. The van der Waals surface area contributed by atoms with Crippen LogP contribution in [0.1, 0.15) is 22.3 Å². The molecule has 8 heteroatoms. The summed E-state index contributed by atoms with van der Waals surface area (Å²) >= 11 is 6.02. The van der Waals surface area contributed by atoms with Crippen molar-refractivity contribution in [2.45, 2.75) is 12.8 Å². The number of pyridine rings is 1. The van der Waals surface area contributed by atoms with Crippen LogP contribution in [0, 0.1) is 0 Å². The molecule has 4 rings (SSSR count). The smallest absolute Gasteiger partial charge is 0.275 e. The molecule has 3 heterocycles. The minimum atomic E-state index is -0.320. The van der Waals surface area contributed by atoms with Gasteiger partial charge in [-0.3, -0.25) is 14.6 Å². The molecule has 1 aromatic heterocycles. The van der Waals surface area contributed by atoms with Gasteiger partial charge >= 0.3 is 0 Å². The van der Waals surface area contributed by atoms with Gasteiger partial charge in [0, 0.05) is 19.3 Å². The molecule has 0 N–H and O–H groups in total. The van der Waals surface area contributed by atoms with Crippen molar-refractivity contribution >= 4 is 23.4 Å². The average Bonchev–Trinajstić information content (AvgIpc) is 3.30. The van der Waals surface area contributed by atoms with Crippen molar-refractivity contribution in [2.24, 2.45) is 0 Å². The monoisotopic (exact) mass is 373 g/mol. The zero-order chi connectivity index (χ0) is 18.1. The third-order valence-electron chi connectivity index (χ3n) is 4.34. The topological polar surface area (TPSA) is 72.0 Å². The Morgan fingerprint density at radius 2 is 1.92 bits per heavy atom. The highest BCUT2D eigenvalue weighted by molar-refractivity contribution is 6.32. The van der Waals surface area contributed by atoms with E-state index in [1.807, 2.05) is 6.07 Å². The Balaban J connectivity index is 1.50. The second kappa shape index (κ2) is 6.84. The standard InChI is InChI=1S/C18H16ClN3O4/c19-17-13(3-1-6-20-17)18(24)22-8-2-7-21(22)16(23)10-12-4-5-14-15(9-12)26-11-25-14/h1,3-6,9H,2,7-8,10-11H2. The minimum Gasteiger partial charge on any atom is -0.454 e.